The van der Waals surface area contributed by atoms with Crippen LogP contribution in [0.2, 0.25) is 5.02 Å². The monoisotopic (exact) mass is 521 g/mol. The number of aromatic nitrogens is 2. The maximum absolute atomic E-state index is 13.2. The lowest BCUT2D eigenvalue weighted by molar-refractivity contribution is -0.120. The van der Waals surface area contributed by atoms with Gasteiger partial charge in [-0.1, -0.05) is 11.6 Å². The molecule has 1 aromatic heterocycles. The number of nitrogens with one attached hydrogen (secondary N) is 2. The number of halogens is 1. The standard InChI is InChI=1S/C27H28ClN5O4/c1-2-32-24-8-6-19(9-21(24)26(35)33(27(32)36)14-16-3-4-16)31-25(34)22-13-30-12-18(22)15-37-20-7-5-17(11-29)23(28)10-20/h5-10,16,18,22,30H,2-4,12-15H2,1H3,(H,31,34)/t18-,22+/m1/s1. The van der Waals surface area contributed by atoms with Crippen LogP contribution in [-0.4, -0.2) is 34.7 Å². The molecule has 192 valence electrons. The van der Waals surface area contributed by atoms with E-state index in [1.165, 1.54) is 4.57 Å². The van der Waals surface area contributed by atoms with Crippen molar-refractivity contribution in [3.63, 3.8) is 0 Å². The highest BCUT2D eigenvalue weighted by atomic mass is 35.5. The molecule has 0 bridgehead atoms. The Bertz CT molecular complexity index is 1520. The molecule has 2 fully saturated rings. The smallest absolute Gasteiger partial charge is 0.331 e. The van der Waals surface area contributed by atoms with Crippen LogP contribution in [-0.2, 0) is 17.9 Å². The Balaban J connectivity index is 1.33. The van der Waals surface area contributed by atoms with Crippen molar-refractivity contribution in [3.05, 3.63) is 67.8 Å². The van der Waals surface area contributed by atoms with Gasteiger partial charge < -0.3 is 15.4 Å². The largest absolute Gasteiger partial charge is 0.493 e. The Morgan fingerprint density at radius 2 is 2.00 bits per heavy atom. The number of fused-ring (bicyclic) bond motifs is 1. The van der Waals surface area contributed by atoms with Gasteiger partial charge in [-0.2, -0.15) is 5.26 Å². The van der Waals surface area contributed by atoms with Crippen molar-refractivity contribution in [2.45, 2.75) is 32.9 Å². The predicted octanol–water partition coefficient (Wildman–Crippen LogP) is 2.97. The summed E-state index contributed by atoms with van der Waals surface area (Å²) in [4.78, 5) is 39.3. The predicted molar refractivity (Wildman–Crippen MR) is 141 cm³/mol. The normalized spacial score (nSPS) is 19.1. The highest BCUT2D eigenvalue weighted by Gasteiger charge is 2.33. The summed E-state index contributed by atoms with van der Waals surface area (Å²) in [6.07, 6.45) is 2.06. The minimum atomic E-state index is -0.333. The molecule has 0 unspecified atom stereocenters. The van der Waals surface area contributed by atoms with Gasteiger partial charge in [-0.15, -0.1) is 0 Å². The molecule has 1 aliphatic carbocycles. The lowest BCUT2D eigenvalue weighted by Crippen LogP contribution is -2.40. The number of nitriles is 1. The Labute approximate surface area is 218 Å². The zero-order valence-corrected chi connectivity index (χ0v) is 21.3. The van der Waals surface area contributed by atoms with E-state index in [4.69, 9.17) is 21.6 Å². The third-order valence-corrected chi connectivity index (χ3v) is 7.46. The summed E-state index contributed by atoms with van der Waals surface area (Å²) in [6, 6.07) is 12.0. The minimum absolute atomic E-state index is 0.0732. The Morgan fingerprint density at radius 3 is 2.70 bits per heavy atom. The molecule has 2 aromatic carbocycles. The van der Waals surface area contributed by atoms with Crippen molar-refractivity contribution in [2.75, 3.05) is 25.0 Å². The lowest BCUT2D eigenvalue weighted by Gasteiger charge is -2.19. The first-order chi connectivity index (χ1) is 17.9. The second-order valence-corrected chi connectivity index (χ2v) is 10.1. The molecular weight excluding hydrogens is 494 g/mol. The number of rotatable bonds is 8. The molecule has 1 aliphatic heterocycles. The SMILES string of the molecule is CCn1c(=O)n(CC2CC2)c(=O)c2cc(NC(=O)[C@H]3CNC[C@@H]3COc3ccc(C#N)c(Cl)c3)ccc21. The van der Waals surface area contributed by atoms with Gasteiger partial charge in [-0.05, 0) is 56.0 Å². The van der Waals surface area contributed by atoms with E-state index in [2.05, 4.69) is 10.6 Å². The molecule has 2 atom stereocenters. The lowest BCUT2D eigenvalue weighted by atomic mass is 9.96. The van der Waals surface area contributed by atoms with E-state index in [9.17, 15) is 14.4 Å². The zero-order valence-electron chi connectivity index (χ0n) is 20.5. The molecule has 3 aromatic rings. The summed E-state index contributed by atoms with van der Waals surface area (Å²) < 4.78 is 8.81. The number of aryl methyl sites for hydroxylation is 1. The van der Waals surface area contributed by atoms with E-state index in [0.717, 1.165) is 12.8 Å². The van der Waals surface area contributed by atoms with E-state index in [-0.39, 0.29) is 29.0 Å². The number of hydrogen-bond acceptors (Lipinski definition) is 6. The summed E-state index contributed by atoms with van der Waals surface area (Å²) in [5.74, 6) is 0.342. The molecule has 5 rings (SSSR count). The van der Waals surface area contributed by atoms with E-state index in [1.54, 1.807) is 41.0 Å². The highest BCUT2D eigenvalue weighted by molar-refractivity contribution is 6.31. The van der Waals surface area contributed by atoms with Gasteiger partial charge in [0, 0.05) is 43.9 Å². The van der Waals surface area contributed by atoms with Crippen LogP contribution in [0.1, 0.15) is 25.3 Å². The van der Waals surface area contributed by atoms with Crippen LogP contribution in [0.3, 0.4) is 0 Å². The van der Waals surface area contributed by atoms with Crippen LogP contribution >= 0.6 is 11.6 Å². The van der Waals surface area contributed by atoms with Gasteiger partial charge in [0.25, 0.3) is 5.56 Å². The Morgan fingerprint density at radius 1 is 1.19 bits per heavy atom. The van der Waals surface area contributed by atoms with Crippen molar-refractivity contribution in [1.29, 1.82) is 5.26 Å². The average molecular weight is 522 g/mol. The van der Waals surface area contributed by atoms with Gasteiger partial charge in [0.2, 0.25) is 5.91 Å². The maximum atomic E-state index is 13.2. The second-order valence-electron chi connectivity index (χ2n) is 9.70. The summed E-state index contributed by atoms with van der Waals surface area (Å²) in [5.41, 5.74) is 0.853. The van der Waals surface area contributed by atoms with Gasteiger partial charge in [0.15, 0.2) is 0 Å². The van der Waals surface area contributed by atoms with E-state index in [0.29, 0.717) is 71.6 Å². The summed E-state index contributed by atoms with van der Waals surface area (Å²) >= 11 is 6.09. The van der Waals surface area contributed by atoms with Crippen LogP contribution < -0.4 is 26.6 Å². The van der Waals surface area contributed by atoms with Crippen molar-refractivity contribution < 1.29 is 9.53 Å². The molecule has 0 spiro atoms. The molecule has 2 aliphatic rings. The molecular formula is C27H28ClN5O4. The number of hydrogen-bond donors (Lipinski definition) is 2. The van der Waals surface area contributed by atoms with Crippen LogP contribution in [0.4, 0.5) is 5.69 Å². The fourth-order valence-electron chi connectivity index (χ4n) is 4.86. The van der Waals surface area contributed by atoms with Crippen LogP contribution in [0.15, 0.2) is 46.0 Å². The molecule has 2 heterocycles. The number of anilines is 1. The summed E-state index contributed by atoms with van der Waals surface area (Å²) in [6.45, 7) is 4.19. The number of benzene rings is 2. The van der Waals surface area contributed by atoms with Crippen LogP contribution in [0.5, 0.6) is 5.75 Å². The summed E-state index contributed by atoms with van der Waals surface area (Å²) in [5, 5.41) is 16.0. The number of carbonyl (C=O) groups is 1. The van der Waals surface area contributed by atoms with E-state index >= 15 is 0 Å². The number of nitrogens with zero attached hydrogens (tertiary/aromatic N) is 3. The fraction of sp³-hybridized carbons (Fsp3) is 0.407. The molecule has 1 saturated carbocycles. The third-order valence-electron chi connectivity index (χ3n) is 7.15. The Hall–Kier alpha value is -3.61. The first-order valence-corrected chi connectivity index (χ1v) is 12.9. The topological polar surface area (TPSA) is 118 Å². The maximum Gasteiger partial charge on any atom is 0.331 e. The van der Waals surface area contributed by atoms with Crippen molar-refractivity contribution in [2.24, 2.45) is 17.8 Å². The van der Waals surface area contributed by atoms with Gasteiger partial charge in [-0.25, -0.2) is 4.79 Å². The average Bonchev–Trinajstić information content (AvgIpc) is 3.59. The van der Waals surface area contributed by atoms with E-state index < -0.39 is 0 Å². The summed E-state index contributed by atoms with van der Waals surface area (Å²) in [7, 11) is 0. The molecule has 1 amide bonds. The number of ether oxygens (including phenoxy) is 1. The van der Waals surface area contributed by atoms with Crippen molar-refractivity contribution in [3.8, 4) is 11.8 Å². The molecule has 0 radical (unpaired) electrons. The molecule has 10 heteroatoms. The van der Waals surface area contributed by atoms with Gasteiger partial charge in [0.05, 0.1) is 34.0 Å². The molecule has 37 heavy (non-hydrogen) atoms. The van der Waals surface area contributed by atoms with Gasteiger partial charge in [-0.3, -0.25) is 18.7 Å². The van der Waals surface area contributed by atoms with Crippen molar-refractivity contribution >= 4 is 34.1 Å². The minimum Gasteiger partial charge on any atom is -0.493 e. The number of amides is 1. The number of carbonyl (C=O) groups excluding carboxylic acids is 1. The molecule has 9 nitrogen and oxygen atoms in total. The molecule has 2 N–H and O–H groups in total. The highest BCUT2D eigenvalue weighted by Crippen LogP contribution is 2.30. The van der Waals surface area contributed by atoms with Gasteiger partial charge in [0.1, 0.15) is 11.8 Å². The molecule has 1 saturated heterocycles. The Kier molecular flexibility index (Phi) is 7.04. The van der Waals surface area contributed by atoms with Gasteiger partial charge >= 0.3 is 5.69 Å². The van der Waals surface area contributed by atoms with Crippen LogP contribution in [0, 0.1) is 29.1 Å². The second kappa shape index (κ2) is 10.4. The fourth-order valence-corrected chi connectivity index (χ4v) is 5.07. The van der Waals surface area contributed by atoms with Crippen LogP contribution in [0.25, 0.3) is 10.9 Å². The quantitative estimate of drug-likeness (QED) is 0.470. The third kappa shape index (κ3) is 5.13. The van der Waals surface area contributed by atoms with Crippen molar-refractivity contribution in [1.82, 2.24) is 14.5 Å². The first-order valence-electron chi connectivity index (χ1n) is 12.5. The first kappa shape index (κ1) is 25.1. The zero-order chi connectivity index (χ0) is 26.1. The van der Waals surface area contributed by atoms with E-state index in [1.807, 2.05) is 13.0 Å².